The Balaban J connectivity index is 1.60. The van der Waals surface area contributed by atoms with E-state index >= 15 is 0 Å². The highest BCUT2D eigenvalue weighted by molar-refractivity contribution is 6.30. The molecule has 164 valence electrons. The average molecular weight is 425 g/mol. The number of nitrogens with zero attached hydrogens (tertiary/aromatic N) is 2. The van der Waals surface area contributed by atoms with Gasteiger partial charge in [-0.25, -0.2) is 4.79 Å². The number of amides is 1. The average Bonchev–Trinajstić information content (AvgIpc) is 2.73. The van der Waals surface area contributed by atoms with Crippen LogP contribution in [-0.4, -0.2) is 61.8 Å². The Labute approximate surface area is 181 Å². The molecule has 1 saturated carbocycles. The van der Waals surface area contributed by atoms with Crippen LogP contribution in [0.5, 0.6) is 5.75 Å². The molecule has 1 aromatic rings. The smallest absolute Gasteiger partial charge is 0.410 e. The molecular weight excluding hydrogens is 388 g/mol. The van der Waals surface area contributed by atoms with Gasteiger partial charge in [-0.2, -0.15) is 0 Å². The van der Waals surface area contributed by atoms with Gasteiger partial charge in [0.25, 0.3) is 0 Å². The van der Waals surface area contributed by atoms with Gasteiger partial charge in [0.1, 0.15) is 5.75 Å². The van der Waals surface area contributed by atoms with E-state index in [9.17, 15) is 4.79 Å². The van der Waals surface area contributed by atoms with Crippen LogP contribution in [0.4, 0.5) is 4.79 Å². The van der Waals surface area contributed by atoms with Crippen molar-refractivity contribution in [2.24, 2.45) is 0 Å². The topological polar surface area (TPSA) is 42.0 Å². The Hall–Kier alpha value is -1.30. The van der Waals surface area contributed by atoms with Crippen LogP contribution in [-0.2, 0) is 4.74 Å². The summed E-state index contributed by atoms with van der Waals surface area (Å²) in [5.74, 6) is 0.517. The molecule has 0 unspecified atom stereocenters. The molecule has 29 heavy (non-hydrogen) atoms. The summed E-state index contributed by atoms with van der Waals surface area (Å²) >= 11 is 5.87. The zero-order chi connectivity index (χ0) is 21.1. The third-order valence-corrected chi connectivity index (χ3v) is 5.93. The Morgan fingerprint density at radius 3 is 2.34 bits per heavy atom. The summed E-state index contributed by atoms with van der Waals surface area (Å²) in [7, 11) is 4.01. The highest BCUT2D eigenvalue weighted by Gasteiger charge is 2.27. The first-order chi connectivity index (χ1) is 14.0. The van der Waals surface area contributed by atoms with E-state index < -0.39 is 0 Å². The largest absolute Gasteiger partial charge is 0.415 e. The second-order valence-electron chi connectivity index (χ2n) is 8.10. The second kappa shape index (κ2) is 13.1. The summed E-state index contributed by atoms with van der Waals surface area (Å²) in [6.45, 7) is 5.33. The molecule has 1 aromatic carbocycles. The SMILES string of the molecule is CCCCCN(C)CCCO[C@H]1CC[C@H](N(C)C(=O)Oc2ccc(Cl)cc2)CC1. The quantitative estimate of drug-likeness (QED) is 0.433. The maximum absolute atomic E-state index is 12.4. The van der Waals surface area contributed by atoms with Gasteiger partial charge < -0.3 is 19.3 Å². The molecule has 0 saturated heterocycles. The maximum Gasteiger partial charge on any atom is 0.415 e. The van der Waals surface area contributed by atoms with Crippen LogP contribution >= 0.6 is 11.6 Å². The fourth-order valence-corrected chi connectivity index (χ4v) is 3.88. The third kappa shape index (κ3) is 8.93. The molecule has 0 spiro atoms. The minimum absolute atomic E-state index is 0.208. The first-order valence-corrected chi connectivity index (χ1v) is 11.4. The van der Waals surface area contributed by atoms with E-state index in [-0.39, 0.29) is 12.1 Å². The minimum Gasteiger partial charge on any atom is -0.410 e. The summed E-state index contributed by atoms with van der Waals surface area (Å²) in [5, 5.41) is 0.625. The van der Waals surface area contributed by atoms with Crippen LogP contribution in [0.25, 0.3) is 0 Å². The fourth-order valence-electron chi connectivity index (χ4n) is 3.75. The molecular formula is C23H37ClN2O3. The first-order valence-electron chi connectivity index (χ1n) is 11.0. The third-order valence-electron chi connectivity index (χ3n) is 5.68. The molecule has 1 fully saturated rings. The molecule has 5 nitrogen and oxygen atoms in total. The van der Waals surface area contributed by atoms with Gasteiger partial charge in [-0.1, -0.05) is 31.4 Å². The van der Waals surface area contributed by atoms with Crippen molar-refractivity contribution in [2.75, 3.05) is 33.8 Å². The fraction of sp³-hybridized carbons (Fsp3) is 0.696. The molecule has 1 aliphatic carbocycles. The number of hydrogen-bond donors (Lipinski definition) is 0. The Morgan fingerprint density at radius 1 is 1.03 bits per heavy atom. The van der Waals surface area contributed by atoms with Gasteiger partial charge in [0.05, 0.1) is 6.10 Å². The van der Waals surface area contributed by atoms with Crippen LogP contribution in [0, 0.1) is 0 Å². The van der Waals surface area contributed by atoms with Crippen molar-refractivity contribution < 1.29 is 14.3 Å². The molecule has 0 atom stereocenters. The van der Waals surface area contributed by atoms with Gasteiger partial charge in [0.2, 0.25) is 0 Å². The van der Waals surface area contributed by atoms with Crippen molar-refractivity contribution >= 4 is 17.7 Å². The molecule has 6 heteroatoms. The molecule has 1 amide bonds. The molecule has 0 heterocycles. The van der Waals surface area contributed by atoms with Crippen LogP contribution < -0.4 is 4.74 Å². The van der Waals surface area contributed by atoms with Crippen molar-refractivity contribution in [1.29, 1.82) is 0 Å². The molecule has 0 aliphatic heterocycles. The molecule has 2 rings (SSSR count). The number of hydrogen-bond acceptors (Lipinski definition) is 4. The van der Waals surface area contributed by atoms with Crippen LogP contribution in [0.3, 0.4) is 0 Å². The molecule has 0 aromatic heterocycles. The predicted molar refractivity (Wildman–Crippen MR) is 119 cm³/mol. The van der Waals surface area contributed by atoms with Crippen molar-refractivity contribution in [3.63, 3.8) is 0 Å². The first kappa shape index (κ1) is 24.0. The Bertz CT molecular complexity index is 588. The summed E-state index contributed by atoms with van der Waals surface area (Å²) in [5.41, 5.74) is 0. The number of carbonyl (C=O) groups is 1. The standard InChI is InChI=1S/C23H37ClN2O3/c1-4-5-6-16-25(2)17-7-18-28-21-14-10-20(11-15-21)26(3)23(27)29-22-12-8-19(24)9-13-22/h8-9,12-13,20-21H,4-7,10-11,14-18H2,1-3H3/t20-,21-. The van der Waals surface area contributed by atoms with E-state index in [1.165, 1.54) is 25.8 Å². The lowest BCUT2D eigenvalue weighted by molar-refractivity contribution is 0.00898. The maximum atomic E-state index is 12.4. The van der Waals surface area contributed by atoms with E-state index in [2.05, 4.69) is 18.9 Å². The highest BCUT2D eigenvalue weighted by Crippen LogP contribution is 2.25. The molecule has 1 aliphatic rings. The van der Waals surface area contributed by atoms with Gasteiger partial charge in [-0.3, -0.25) is 0 Å². The minimum atomic E-state index is -0.317. The molecule has 0 bridgehead atoms. The van der Waals surface area contributed by atoms with Crippen molar-refractivity contribution in [3.05, 3.63) is 29.3 Å². The van der Waals surface area contributed by atoms with Crippen LogP contribution in [0.15, 0.2) is 24.3 Å². The highest BCUT2D eigenvalue weighted by atomic mass is 35.5. The van der Waals surface area contributed by atoms with Gasteiger partial charge in [0, 0.05) is 31.3 Å². The van der Waals surface area contributed by atoms with Crippen molar-refractivity contribution in [3.8, 4) is 5.75 Å². The number of unbranched alkanes of at least 4 members (excludes halogenated alkanes) is 2. The number of ether oxygens (including phenoxy) is 2. The normalized spacial score (nSPS) is 19.3. The lowest BCUT2D eigenvalue weighted by Gasteiger charge is -2.34. The van der Waals surface area contributed by atoms with Crippen LogP contribution in [0.2, 0.25) is 5.02 Å². The van der Waals surface area contributed by atoms with Gasteiger partial charge >= 0.3 is 6.09 Å². The number of benzene rings is 1. The van der Waals surface area contributed by atoms with Crippen molar-refractivity contribution in [2.45, 2.75) is 70.4 Å². The molecule has 0 radical (unpaired) electrons. The summed E-state index contributed by atoms with van der Waals surface area (Å²) < 4.78 is 11.5. The Morgan fingerprint density at radius 2 is 1.69 bits per heavy atom. The summed E-state index contributed by atoms with van der Waals surface area (Å²) in [4.78, 5) is 16.5. The van der Waals surface area contributed by atoms with E-state index in [1.807, 2.05) is 7.05 Å². The zero-order valence-electron chi connectivity index (χ0n) is 18.2. The number of halogens is 1. The molecule has 0 N–H and O–H groups in total. The van der Waals surface area contributed by atoms with E-state index in [0.717, 1.165) is 45.3 Å². The lowest BCUT2D eigenvalue weighted by atomic mass is 9.92. The predicted octanol–water partition coefficient (Wildman–Crippen LogP) is 5.61. The lowest BCUT2D eigenvalue weighted by Crippen LogP contribution is -2.42. The van der Waals surface area contributed by atoms with Crippen molar-refractivity contribution in [1.82, 2.24) is 9.80 Å². The second-order valence-corrected chi connectivity index (χ2v) is 8.53. The van der Waals surface area contributed by atoms with Crippen LogP contribution in [0.1, 0.15) is 58.3 Å². The zero-order valence-corrected chi connectivity index (χ0v) is 19.0. The Kier molecular flexibility index (Phi) is 10.8. The van der Waals surface area contributed by atoms with Gasteiger partial charge in [0.15, 0.2) is 0 Å². The summed E-state index contributed by atoms with van der Waals surface area (Å²) in [6.07, 6.45) is 8.84. The van der Waals surface area contributed by atoms with E-state index in [1.54, 1.807) is 29.2 Å². The monoisotopic (exact) mass is 424 g/mol. The number of carbonyl (C=O) groups excluding carboxylic acids is 1. The van der Waals surface area contributed by atoms with Gasteiger partial charge in [-0.15, -0.1) is 0 Å². The summed E-state index contributed by atoms with van der Waals surface area (Å²) in [6, 6.07) is 7.06. The van der Waals surface area contributed by atoms with E-state index in [4.69, 9.17) is 21.1 Å². The van der Waals surface area contributed by atoms with E-state index in [0.29, 0.717) is 16.9 Å². The van der Waals surface area contributed by atoms with Gasteiger partial charge in [-0.05, 0) is 76.4 Å². The number of rotatable bonds is 11.